The van der Waals surface area contributed by atoms with Crippen molar-refractivity contribution in [2.75, 3.05) is 0 Å². The Hall–Kier alpha value is -1.55. The minimum atomic E-state index is -0.114. The number of fused-ring (bicyclic) bond motifs is 2. The van der Waals surface area contributed by atoms with Gasteiger partial charge in [0.2, 0.25) is 11.9 Å². The third-order valence-electron chi connectivity index (χ3n) is 2.91. The summed E-state index contributed by atoms with van der Waals surface area (Å²) in [5.74, 6) is 0.716. The summed E-state index contributed by atoms with van der Waals surface area (Å²) in [5, 5.41) is 2.78. The molecule has 1 saturated heterocycles. The molecule has 4 nitrogen and oxygen atoms in total. The quantitative estimate of drug-likeness (QED) is 0.742. The predicted molar refractivity (Wildman–Crippen MR) is 63.9 cm³/mol. The van der Waals surface area contributed by atoms with Crippen molar-refractivity contribution in [2.24, 2.45) is 4.99 Å². The van der Waals surface area contributed by atoms with Crippen LogP contribution in [-0.4, -0.2) is 22.8 Å². The van der Waals surface area contributed by atoms with E-state index in [9.17, 15) is 4.79 Å². The molecule has 2 heterocycles. The number of aliphatic imine (C=N–C) groups is 1. The Morgan fingerprint density at radius 1 is 1.44 bits per heavy atom. The Labute approximate surface area is 99.8 Å². The van der Waals surface area contributed by atoms with E-state index in [0.29, 0.717) is 5.96 Å². The molecule has 16 heavy (non-hydrogen) atoms. The second kappa shape index (κ2) is 3.79. The first kappa shape index (κ1) is 11.0. The van der Waals surface area contributed by atoms with E-state index in [4.69, 9.17) is 0 Å². The molecule has 84 valence electrons. The average Bonchev–Trinajstić information content (AvgIpc) is 2.52. The summed E-state index contributed by atoms with van der Waals surface area (Å²) in [6, 6.07) is 7.85. The average molecular weight is 238 g/mol. The van der Waals surface area contributed by atoms with Gasteiger partial charge in [-0.05, 0) is 18.6 Å². The number of amides is 1. The Balaban J connectivity index is 0.000000963. The number of nitrogens with zero attached hydrogens (tertiary/aromatic N) is 2. The summed E-state index contributed by atoms with van der Waals surface area (Å²) in [6.07, 6.45) is 0. The fourth-order valence-corrected chi connectivity index (χ4v) is 1.97. The molecule has 1 N–H and O–H groups in total. The second-order valence-corrected chi connectivity index (χ2v) is 3.86. The van der Waals surface area contributed by atoms with Crippen molar-refractivity contribution < 1.29 is 4.79 Å². The summed E-state index contributed by atoms with van der Waals surface area (Å²) < 4.78 is 0. The predicted octanol–water partition coefficient (Wildman–Crippen LogP) is 1.43. The monoisotopic (exact) mass is 237 g/mol. The van der Waals surface area contributed by atoms with Gasteiger partial charge in [-0.25, -0.2) is 4.99 Å². The third-order valence-corrected chi connectivity index (χ3v) is 2.91. The third kappa shape index (κ3) is 1.46. The van der Waals surface area contributed by atoms with Crippen LogP contribution in [0.15, 0.2) is 29.3 Å². The van der Waals surface area contributed by atoms with E-state index in [-0.39, 0.29) is 24.4 Å². The van der Waals surface area contributed by atoms with Crippen molar-refractivity contribution in [3.63, 3.8) is 0 Å². The van der Waals surface area contributed by atoms with Crippen LogP contribution in [0.3, 0.4) is 0 Å². The van der Waals surface area contributed by atoms with Gasteiger partial charge in [0, 0.05) is 6.54 Å². The zero-order valence-electron chi connectivity index (χ0n) is 8.80. The maximum Gasteiger partial charge on any atom is 0.249 e. The molecule has 5 heteroatoms. The van der Waals surface area contributed by atoms with Crippen molar-refractivity contribution >= 4 is 30.0 Å². The van der Waals surface area contributed by atoms with Gasteiger partial charge in [-0.1, -0.05) is 18.2 Å². The van der Waals surface area contributed by atoms with Crippen molar-refractivity contribution in [3.05, 3.63) is 29.8 Å². The number of carbonyl (C=O) groups is 1. The van der Waals surface area contributed by atoms with Gasteiger partial charge in [-0.15, -0.1) is 12.4 Å². The molecule has 0 aromatic heterocycles. The lowest BCUT2D eigenvalue weighted by atomic mass is 10.1. The highest BCUT2D eigenvalue weighted by atomic mass is 35.5. The molecule has 1 unspecified atom stereocenters. The summed E-state index contributed by atoms with van der Waals surface area (Å²) >= 11 is 0. The minimum absolute atomic E-state index is 0. The molecule has 1 fully saturated rings. The zero-order chi connectivity index (χ0) is 10.4. The molecule has 2 aliphatic rings. The van der Waals surface area contributed by atoms with Crippen LogP contribution in [0.5, 0.6) is 0 Å². The van der Waals surface area contributed by atoms with Gasteiger partial charge in [-0.2, -0.15) is 0 Å². The maximum atomic E-state index is 11.5. The lowest BCUT2D eigenvalue weighted by molar-refractivity contribution is -0.121. The van der Waals surface area contributed by atoms with Gasteiger partial charge in [0.1, 0.15) is 6.04 Å². The summed E-state index contributed by atoms with van der Waals surface area (Å²) in [7, 11) is 0. The van der Waals surface area contributed by atoms with E-state index >= 15 is 0 Å². The summed E-state index contributed by atoms with van der Waals surface area (Å²) in [5.41, 5.74) is 2.13. The molecule has 1 aromatic rings. The Morgan fingerprint density at radius 2 is 2.19 bits per heavy atom. The van der Waals surface area contributed by atoms with E-state index in [1.54, 1.807) is 0 Å². The second-order valence-electron chi connectivity index (χ2n) is 3.86. The normalized spacial score (nSPS) is 21.6. The number of hydrogen-bond donors (Lipinski definition) is 1. The molecular weight excluding hydrogens is 226 g/mol. The molecule has 0 spiro atoms. The fourth-order valence-electron chi connectivity index (χ4n) is 1.97. The number of rotatable bonds is 0. The van der Waals surface area contributed by atoms with Crippen LogP contribution in [0.1, 0.15) is 12.5 Å². The summed E-state index contributed by atoms with van der Waals surface area (Å²) in [6.45, 7) is 2.65. The number of benzene rings is 1. The molecule has 1 atom stereocenters. The fraction of sp³-hybridized carbons (Fsp3) is 0.273. The molecule has 0 aliphatic carbocycles. The molecular formula is C11H12ClN3O. The van der Waals surface area contributed by atoms with Crippen LogP contribution in [0.4, 0.5) is 5.69 Å². The van der Waals surface area contributed by atoms with Gasteiger partial charge in [0.05, 0.1) is 5.69 Å². The highest BCUT2D eigenvalue weighted by Gasteiger charge is 2.35. The number of para-hydroxylation sites is 1. The first-order chi connectivity index (χ1) is 7.25. The maximum absolute atomic E-state index is 11.5. The van der Waals surface area contributed by atoms with E-state index in [2.05, 4.69) is 10.3 Å². The Bertz CT molecular complexity index is 472. The van der Waals surface area contributed by atoms with E-state index in [0.717, 1.165) is 12.2 Å². The van der Waals surface area contributed by atoms with Crippen LogP contribution in [0.25, 0.3) is 0 Å². The number of hydrogen-bond acceptors (Lipinski definition) is 3. The van der Waals surface area contributed by atoms with E-state index in [1.165, 1.54) is 5.56 Å². The van der Waals surface area contributed by atoms with Crippen LogP contribution in [-0.2, 0) is 11.3 Å². The highest BCUT2D eigenvalue weighted by molar-refractivity contribution is 6.07. The van der Waals surface area contributed by atoms with Crippen LogP contribution >= 0.6 is 12.4 Å². The van der Waals surface area contributed by atoms with Gasteiger partial charge in [0.15, 0.2) is 0 Å². The van der Waals surface area contributed by atoms with Crippen molar-refractivity contribution in [1.29, 1.82) is 0 Å². The topological polar surface area (TPSA) is 44.7 Å². The van der Waals surface area contributed by atoms with Gasteiger partial charge in [0.25, 0.3) is 0 Å². The van der Waals surface area contributed by atoms with Crippen molar-refractivity contribution in [3.8, 4) is 0 Å². The molecule has 0 radical (unpaired) electrons. The Kier molecular flexibility index (Phi) is 2.59. The first-order valence-corrected chi connectivity index (χ1v) is 5.00. The molecule has 1 amide bonds. The first-order valence-electron chi connectivity index (χ1n) is 5.00. The largest absolute Gasteiger partial charge is 0.326 e. The van der Waals surface area contributed by atoms with Gasteiger partial charge in [-0.3, -0.25) is 10.1 Å². The number of nitrogens with one attached hydrogen (secondary N) is 1. The standard InChI is InChI=1S/C11H11N3O.ClH/c1-7-10(15)13-11-12-9-5-3-2-4-8(9)6-14(7)11;/h2-5,7H,6H2,1H3,(H,12,13,15);1H. The smallest absolute Gasteiger partial charge is 0.249 e. The minimum Gasteiger partial charge on any atom is -0.326 e. The van der Waals surface area contributed by atoms with E-state index in [1.807, 2.05) is 36.1 Å². The number of halogens is 1. The number of carbonyl (C=O) groups excluding carboxylic acids is 1. The zero-order valence-corrected chi connectivity index (χ0v) is 9.62. The lowest BCUT2D eigenvalue weighted by Gasteiger charge is -2.25. The molecule has 0 bridgehead atoms. The van der Waals surface area contributed by atoms with Crippen LogP contribution in [0.2, 0.25) is 0 Å². The van der Waals surface area contributed by atoms with E-state index < -0.39 is 0 Å². The van der Waals surface area contributed by atoms with Crippen LogP contribution < -0.4 is 5.32 Å². The number of guanidine groups is 1. The summed E-state index contributed by atoms with van der Waals surface area (Å²) in [4.78, 5) is 17.9. The van der Waals surface area contributed by atoms with Gasteiger partial charge >= 0.3 is 0 Å². The lowest BCUT2D eigenvalue weighted by Crippen LogP contribution is -2.35. The SMILES string of the molecule is CC1C(=O)NC2=Nc3ccccc3CN21.Cl. The highest BCUT2D eigenvalue weighted by Crippen LogP contribution is 2.28. The van der Waals surface area contributed by atoms with Gasteiger partial charge < -0.3 is 4.90 Å². The molecule has 1 aromatic carbocycles. The molecule has 0 saturated carbocycles. The molecule has 3 rings (SSSR count). The van der Waals surface area contributed by atoms with Crippen molar-refractivity contribution in [2.45, 2.75) is 19.5 Å². The molecule has 2 aliphatic heterocycles. The van der Waals surface area contributed by atoms with Crippen molar-refractivity contribution in [1.82, 2.24) is 10.2 Å². The van der Waals surface area contributed by atoms with Crippen LogP contribution in [0, 0.1) is 0 Å². The Morgan fingerprint density at radius 3 is 3.00 bits per heavy atom.